The molecule has 0 radical (unpaired) electrons. The van der Waals surface area contributed by atoms with Crippen LogP contribution in [0.5, 0.6) is 0 Å². The predicted molar refractivity (Wildman–Crippen MR) is 17.0 cm³/mol. The van der Waals surface area contributed by atoms with Crippen LogP contribution >= 0.6 is 0 Å². The first-order valence-electron chi connectivity index (χ1n) is 1.35. The van der Waals surface area contributed by atoms with Gasteiger partial charge in [0.15, 0.2) is 0 Å². The van der Waals surface area contributed by atoms with E-state index in [1.54, 1.807) is 0 Å². The Hall–Kier alpha value is 0.720. The third-order valence-corrected chi connectivity index (χ3v) is 0.207. The van der Waals surface area contributed by atoms with Crippen molar-refractivity contribution in [3.05, 3.63) is 12.8 Å². The summed E-state index contributed by atoms with van der Waals surface area (Å²) in [5.74, 6) is 0. The molecule has 0 spiro atoms. The van der Waals surface area contributed by atoms with Gasteiger partial charge in [-0.1, -0.05) is 6.58 Å². The van der Waals surface area contributed by atoms with Crippen LogP contribution in [-0.2, 0) is 4.65 Å². The van der Waals surface area contributed by atoms with Crippen molar-refractivity contribution in [2.24, 2.45) is 0 Å². The summed E-state index contributed by atoms with van der Waals surface area (Å²) in [5, 5.41) is 18.6. The molecule has 0 aromatic rings. The Bertz CT molecular complexity index is 50.5. The van der Waals surface area contributed by atoms with E-state index < -0.39 is 7.32 Å². The maximum Gasteiger partial charge on any atom is 1.00 e. The maximum atomic E-state index is 9.28. The second-order valence-electron chi connectivity index (χ2n) is 0.591. The summed E-state index contributed by atoms with van der Waals surface area (Å²) in [5.41, 5.74) is 0. The van der Waals surface area contributed by atoms with Gasteiger partial charge in [0.2, 0.25) is 0 Å². The number of rotatable bonds is 2. The normalized spacial score (nSPS) is 5.25. The zero-order chi connectivity index (χ0) is 4.99. The molecule has 0 aliphatic heterocycles. The van der Waals surface area contributed by atoms with Crippen molar-refractivity contribution >= 4 is 7.32 Å². The smallest absolute Gasteiger partial charge is 0.860 e. The Labute approximate surface area is 72.6 Å². The largest absolute Gasteiger partial charge is 1.00 e. The van der Waals surface area contributed by atoms with Crippen LogP contribution in [0.3, 0.4) is 0 Å². The molecule has 6 heteroatoms. The molecule has 0 aromatic heterocycles. The van der Waals surface area contributed by atoms with Gasteiger partial charge in [0.25, 0.3) is 0 Å². The quantitative estimate of drug-likeness (QED) is 0.255. The molecular weight excluding hydrogens is 96.7 g/mol. The standard InChI is InChI=1S/C2H3BO3.2Li/c1-2-6-3(4)5;;/h2H,1H2;;/q-2;2*+1. The van der Waals surface area contributed by atoms with Gasteiger partial charge in [-0.25, -0.2) is 0 Å². The fraction of sp³-hybridized carbons (Fsp3) is 0. The summed E-state index contributed by atoms with van der Waals surface area (Å²) in [7, 11) is -2.22. The Morgan fingerprint density at radius 2 is 1.75 bits per heavy atom. The molecule has 0 heterocycles. The average Bonchev–Trinajstić information content (AvgIpc) is 1.35. The SMILES string of the molecule is C=COB([O-])[O-].[Li+].[Li+]. The first-order valence-corrected chi connectivity index (χ1v) is 1.35. The van der Waals surface area contributed by atoms with Gasteiger partial charge in [0.1, 0.15) is 7.32 Å². The average molecular weight is 99.7 g/mol. The van der Waals surface area contributed by atoms with E-state index in [-0.39, 0.29) is 37.7 Å². The van der Waals surface area contributed by atoms with Crippen molar-refractivity contribution in [2.75, 3.05) is 0 Å². The van der Waals surface area contributed by atoms with Gasteiger partial charge in [0.05, 0.1) is 0 Å². The van der Waals surface area contributed by atoms with Crippen LogP contribution in [0, 0.1) is 0 Å². The topological polar surface area (TPSA) is 55.3 Å². The first-order chi connectivity index (χ1) is 2.77. The Morgan fingerprint density at radius 1 is 1.38 bits per heavy atom. The monoisotopic (exact) mass is 100 g/mol. The van der Waals surface area contributed by atoms with Crippen LogP contribution < -0.4 is 47.8 Å². The van der Waals surface area contributed by atoms with Crippen molar-refractivity contribution in [2.45, 2.75) is 0 Å². The van der Waals surface area contributed by atoms with Gasteiger partial charge in [-0.3, -0.25) is 0 Å². The fourth-order valence-electron chi connectivity index (χ4n) is 0.0786. The Kier molecular flexibility index (Phi) is 21.2. The van der Waals surface area contributed by atoms with Gasteiger partial charge in [-0.2, -0.15) is 0 Å². The summed E-state index contributed by atoms with van der Waals surface area (Å²) >= 11 is 0. The second-order valence-corrected chi connectivity index (χ2v) is 0.591. The van der Waals surface area contributed by atoms with E-state index in [4.69, 9.17) is 0 Å². The van der Waals surface area contributed by atoms with Crippen molar-refractivity contribution in [1.82, 2.24) is 0 Å². The fourth-order valence-corrected chi connectivity index (χ4v) is 0.0786. The molecule has 0 saturated heterocycles. The maximum absolute atomic E-state index is 9.28. The van der Waals surface area contributed by atoms with Gasteiger partial charge in [-0.15, -0.1) is 0 Å². The van der Waals surface area contributed by atoms with Crippen LogP contribution in [-0.4, -0.2) is 7.32 Å². The molecule has 3 nitrogen and oxygen atoms in total. The number of hydrogen-bond acceptors (Lipinski definition) is 3. The van der Waals surface area contributed by atoms with Crippen LogP contribution in [0.25, 0.3) is 0 Å². The van der Waals surface area contributed by atoms with E-state index >= 15 is 0 Å². The molecule has 0 amide bonds. The zero-order valence-electron chi connectivity index (χ0n) is 5.09. The van der Waals surface area contributed by atoms with Crippen molar-refractivity contribution in [1.29, 1.82) is 0 Å². The summed E-state index contributed by atoms with van der Waals surface area (Å²) in [6.07, 6.45) is 0.824. The molecule has 0 aliphatic carbocycles. The van der Waals surface area contributed by atoms with E-state index in [0.29, 0.717) is 0 Å². The zero-order valence-corrected chi connectivity index (χ0v) is 5.09. The minimum Gasteiger partial charge on any atom is -0.860 e. The molecule has 0 saturated carbocycles. The molecule has 0 N–H and O–H groups in total. The van der Waals surface area contributed by atoms with Gasteiger partial charge < -0.3 is 14.7 Å². The summed E-state index contributed by atoms with van der Waals surface area (Å²) in [6.45, 7) is 2.98. The molecule has 0 unspecified atom stereocenters. The van der Waals surface area contributed by atoms with Gasteiger partial charge >= 0.3 is 37.7 Å². The Morgan fingerprint density at radius 3 is 1.75 bits per heavy atom. The van der Waals surface area contributed by atoms with E-state index in [1.165, 1.54) is 0 Å². The summed E-state index contributed by atoms with van der Waals surface area (Å²) in [4.78, 5) is 0. The molecule has 0 rings (SSSR count). The van der Waals surface area contributed by atoms with Crippen LogP contribution in [0.1, 0.15) is 0 Å². The van der Waals surface area contributed by atoms with Gasteiger partial charge in [0, 0.05) is 6.26 Å². The Balaban J connectivity index is -0.000000125. The van der Waals surface area contributed by atoms with Gasteiger partial charge in [-0.05, 0) is 0 Å². The van der Waals surface area contributed by atoms with Crippen LogP contribution in [0.15, 0.2) is 12.8 Å². The summed E-state index contributed by atoms with van der Waals surface area (Å²) < 4.78 is 3.69. The van der Waals surface area contributed by atoms with Crippen LogP contribution in [0.4, 0.5) is 0 Å². The molecule has 0 bridgehead atoms. The minimum atomic E-state index is -2.22. The molecular formula is C2H3BLi2O3. The van der Waals surface area contributed by atoms with E-state index in [2.05, 4.69) is 11.2 Å². The predicted octanol–water partition coefficient (Wildman–Crippen LogP) is -8.14. The van der Waals surface area contributed by atoms with Crippen molar-refractivity contribution < 1.29 is 52.4 Å². The van der Waals surface area contributed by atoms with Crippen molar-refractivity contribution in [3.8, 4) is 0 Å². The molecule has 0 fully saturated rings. The molecule has 0 aliphatic rings. The third kappa shape index (κ3) is 15.9. The third-order valence-electron chi connectivity index (χ3n) is 0.207. The van der Waals surface area contributed by atoms with Crippen molar-refractivity contribution in [3.63, 3.8) is 0 Å². The second kappa shape index (κ2) is 10.7. The van der Waals surface area contributed by atoms with E-state index in [1.807, 2.05) is 0 Å². The summed E-state index contributed by atoms with van der Waals surface area (Å²) in [6, 6.07) is 0. The molecule has 8 heavy (non-hydrogen) atoms. The first kappa shape index (κ1) is 15.9. The van der Waals surface area contributed by atoms with E-state index in [0.717, 1.165) is 6.26 Å². The minimum absolute atomic E-state index is 0. The van der Waals surface area contributed by atoms with Crippen LogP contribution in [0.2, 0.25) is 0 Å². The molecule has 0 aromatic carbocycles. The molecule has 0 atom stereocenters. The molecule has 34 valence electrons. The van der Waals surface area contributed by atoms with E-state index in [9.17, 15) is 10.0 Å². The number of hydrogen-bond donors (Lipinski definition) is 0.